The Morgan fingerprint density at radius 1 is 1.24 bits per heavy atom. The van der Waals surface area contributed by atoms with Gasteiger partial charge >= 0.3 is 0 Å². The van der Waals surface area contributed by atoms with Crippen LogP contribution in [0.3, 0.4) is 0 Å². The third-order valence-corrected chi connectivity index (χ3v) is 2.81. The Balaban J connectivity index is 2.16. The standard InChI is InChI=1S/C16H17FN2O2/c1-2-4-16(20)19-15-10-13(7-8-14(15)18)21-12-6-3-5-11(17)9-12/h3,5-10H,2,4,18H2,1H3,(H,19,20). The molecule has 0 aliphatic carbocycles. The lowest BCUT2D eigenvalue weighted by atomic mass is 10.2. The Kier molecular flexibility index (Phi) is 4.77. The lowest BCUT2D eigenvalue weighted by Crippen LogP contribution is -2.12. The summed E-state index contributed by atoms with van der Waals surface area (Å²) in [7, 11) is 0. The van der Waals surface area contributed by atoms with E-state index in [1.54, 1.807) is 30.3 Å². The third kappa shape index (κ3) is 4.21. The molecule has 4 nitrogen and oxygen atoms in total. The fraction of sp³-hybridized carbons (Fsp3) is 0.188. The second kappa shape index (κ2) is 6.74. The predicted octanol–water partition coefficient (Wildman–Crippen LogP) is 3.94. The number of benzene rings is 2. The number of anilines is 2. The number of halogens is 1. The van der Waals surface area contributed by atoms with Crippen LogP contribution in [0.5, 0.6) is 11.5 Å². The molecule has 5 heteroatoms. The van der Waals surface area contributed by atoms with E-state index >= 15 is 0 Å². The van der Waals surface area contributed by atoms with Gasteiger partial charge in [-0.3, -0.25) is 4.79 Å². The first-order chi connectivity index (χ1) is 10.1. The van der Waals surface area contributed by atoms with Crippen molar-refractivity contribution >= 4 is 17.3 Å². The summed E-state index contributed by atoms with van der Waals surface area (Å²) in [5, 5.41) is 2.73. The van der Waals surface area contributed by atoms with Crippen LogP contribution in [-0.4, -0.2) is 5.91 Å². The van der Waals surface area contributed by atoms with Crippen LogP contribution in [0.2, 0.25) is 0 Å². The Morgan fingerprint density at radius 3 is 2.71 bits per heavy atom. The number of ether oxygens (including phenoxy) is 1. The summed E-state index contributed by atoms with van der Waals surface area (Å²) in [5.74, 6) is 0.374. The zero-order valence-electron chi connectivity index (χ0n) is 11.7. The molecule has 21 heavy (non-hydrogen) atoms. The van der Waals surface area contributed by atoms with Crippen LogP contribution >= 0.6 is 0 Å². The molecule has 0 aliphatic heterocycles. The molecule has 2 rings (SSSR count). The second-order valence-electron chi connectivity index (χ2n) is 4.61. The second-order valence-corrected chi connectivity index (χ2v) is 4.61. The molecule has 2 aromatic carbocycles. The van der Waals surface area contributed by atoms with Crippen molar-refractivity contribution in [2.45, 2.75) is 19.8 Å². The molecule has 0 aliphatic rings. The summed E-state index contributed by atoms with van der Waals surface area (Å²) in [4.78, 5) is 11.6. The lowest BCUT2D eigenvalue weighted by molar-refractivity contribution is -0.116. The molecule has 0 unspecified atom stereocenters. The molecular weight excluding hydrogens is 271 g/mol. The van der Waals surface area contributed by atoms with Gasteiger partial charge in [0.15, 0.2) is 0 Å². The molecule has 0 heterocycles. The van der Waals surface area contributed by atoms with Crippen molar-refractivity contribution in [3.8, 4) is 11.5 Å². The highest BCUT2D eigenvalue weighted by molar-refractivity contribution is 5.94. The lowest BCUT2D eigenvalue weighted by Gasteiger charge is -2.11. The number of carbonyl (C=O) groups excluding carboxylic acids is 1. The van der Waals surface area contributed by atoms with Crippen LogP contribution in [0.4, 0.5) is 15.8 Å². The van der Waals surface area contributed by atoms with E-state index in [0.29, 0.717) is 29.3 Å². The van der Waals surface area contributed by atoms with Gasteiger partial charge < -0.3 is 15.8 Å². The van der Waals surface area contributed by atoms with Crippen molar-refractivity contribution in [3.63, 3.8) is 0 Å². The Bertz CT molecular complexity index is 644. The predicted molar refractivity (Wildman–Crippen MR) is 80.9 cm³/mol. The minimum atomic E-state index is -0.376. The molecule has 0 spiro atoms. The quantitative estimate of drug-likeness (QED) is 0.819. The number of hydrogen-bond acceptors (Lipinski definition) is 3. The fourth-order valence-corrected chi connectivity index (χ4v) is 1.81. The highest BCUT2D eigenvalue weighted by Crippen LogP contribution is 2.28. The van der Waals surface area contributed by atoms with E-state index in [0.717, 1.165) is 6.42 Å². The fourth-order valence-electron chi connectivity index (χ4n) is 1.81. The molecule has 1 amide bonds. The molecule has 0 saturated heterocycles. The molecular formula is C16H17FN2O2. The van der Waals surface area contributed by atoms with Gasteiger partial charge in [-0.15, -0.1) is 0 Å². The number of hydrogen-bond donors (Lipinski definition) is 2. The van der Waals surface area contributed by atoms with Gasteiger partial charge in [-0.05, 0) is 30.7 Å². The smallest absolute Gasteiger partial charge is 0.224 e. The number of rotatable bonds is 5. The van der Waals surface area contributed by atoms with E-state index in [2.05, 4.69) is 5.32 Å². The van der Waals surface area contributed by atoms with Crippen molar-refractivity contribution in [1.82, 2.24) is 0 Å². The highest BCUT2D eigenvalue weighted by Gasteiger charge is 2.07. The summed E-state index contributed by atoms with van der Waals surface area (Å²) in [6, 6.07) is 10.7. The third-order valence-electron chi connectivity index (χ3n) is 2.81. The van der Waals surface area contributed by atoms with E-state index in [4.69, 9.17) is 10.5 Å². The average molecular weight is 288 g/mol. The van der Waals surface area contributed by atoms with E-state index in [9.17, 15) is 9.18 Å². The first kappa shape index (κ1) is 14.8. The van der Waals surface area contributed by atoms with Gasteiger partial charge in [-0.2, -0.15) is 0 Å². The first-order valence-electron chi connectivity index (χ1n) is 6.71. The van der Waals surface area contributed by atoms with E-state index in [1.165, 1.54) is 12.1 Å². The van der Waals surface area contributed by atoms with Gasteiger partial charge in [0.1, 0.15) is 17.3 Å². The maximum Gasteiger partial charge on any atom is 0.224 e. The molecule has 2 aromatic rings. The molecule has 0 fully saturated rings. The van der Waals surface area contributed by atoms with E-state index < -0.39 is 0 Å². The largest absolute Gasteiger partial charge is 0.457 e. The molecule has 0 atom stereocenters. The van der Waals surface area contributed by atoms with Crippen LogP contribution in [0.25, 0.3) is 0 Å². The molecule has 0 aromatic heterocycles. The van der Waals surface area contributed by atoms with Gasteiger partial charge in [-0.25, -0.2) is 4.39 Å². The zero-order valence-corrected chi connectivity index (χ0v) is 11.7. The van der Waals surface area contributed by atoms with Crippen molar-refractivity contribution < 1.29 is 13.9 Å². The normalized spacial score (nSPS) is 10.2. The highest BCUT2D eigenvalue weighted by atomic mass is 19.1. The zero-order chi connectivity index (χ0) is 15.2. The summed E-state index contributed by atoms with van der Waals surface area (Å²) in [6.45, 7) is 1.92. The Morgan fingerprint density at radius 2 is 2.00 bits per heavy atom. The topological polar surface area (TPSA) is 64.3 Å². The summed E-state index contributed by atoms with van der Waals surface area (Å²) in [6.07, 6.45) is 1.18. The summed E-state index contributed by atoms with van der Waals surface area (Å²) >= 11 is 0. The van der Waals surface area contributed by atoms with Crippen LogP contribution < -0.4 is 15.8 Å². The van der Waals surface area contributed by atoms with Gasteiger partial charge in [0.2, 0.25) is 5.91 Å². The monoisotopic (exact) mass is 288 g/mol. The maximum absolute atomic E-state index is 13.1. The van der Waals surface area contributed by atoms with Gasteiger partial charge in [0.25, 0.3) is 0 Å². The molecule has 3 N–H and O–H groups in total. The number of nitrogens with one attached hydrogen (secondary N) is 1. The van der Waals surface area contributed by atoms with Gasteiger partial charge in [0.05, 0.1) is 11.4 Å². The molecule has 0 radical (unpaired) electrons. The number of carbonyl (C=O) groups is 1. The average Bonchev–Trinajstić information content (AvgIpc) is 2.43. The van der Waals surface area contributed by atoms with Crippen LogP contribution in [0.1, 0.15) is 19.8 Å². The summed E-state index contributed by atoms with van der Waals surface area (Å²) in [5.41, 5.74) is 6.76. The molecule has 0 bridgehead atoms. The number of nitrogen functional groups attached to an aromatic ring is 1. The van der Waals surface area contributed by atoms with E-state index in [1.807, 2.05) is 6.92 Å². The van der Waals surface area contributed by atoms with Crippen LogP contribution in [0.15, 0.2) is 42.5 Å². The van der Waals surface area contributed by atoms with Crippen molar-refractivity contribution in [3.05, 3.63) is 48.3 Å². The van der Waals surface area contributed by atoms with Crippen molar-refractivity contribution in [2.24, 2.45) is 0 Å². The minimum Gasteiger partial charge on any atom is -0.457 e. The number of amides is 1. The molecule has 0 saturated carbocycles. The van der Waals surface area contributed by atoms with Gasteiger partial charge in [0, 0.05) is 18.6 Å². The molecule has 110 valence electrons. The van der Waals surface area contributed by atoms with Crippen LogP contribution in [-0.2, 0) is 4.79 Å². The number of nitrogens with two attached hydrogens (primary N) is 1. The SMILES string of the molecule is CCCC(=O)Nc1cc(Oc2cccc(F)c2)ccc1N. The maximum atomic E-state index is 13.1. The Labute approximate surface area is 122 Å². The van der Waals surface area contributed by atoms with Crippen molar-refractivity contribution in [1.29, 1.82) is 0 Å². The first-order valence-corrected chi connectivity index (χ1v) is 6.71. The summed E-state index contributed by atoms with van der Waals surface area (Å²) < 4.78 is 18.7. The minimum absolute atomic E-state index is 0.105. The van der Waals surface area contributed by atoms with Crippen molar-refractivity contribution in [2.75, 3.05) is 11.1 Å². The Hall–Kier alpha value is -2.56. The van der Waals surface area contributed by atoms with Gasteiger partial charge in [-0.1, -0.05) is 13.0 Å². The van der Waals surface area contributed by atoms with Crippen LogP contribution in [0, 0.1) is 5.82 Å². The van der Waals surface area contributed by atoms with E-state index in [-0.39, 0.29) is 11.7 Å².